The summed E-state index contributed by atoms with van der Waals surface area (Å²) in [5, 5.41) is 0. The van der Waals surface area contributed by atoms with E-state index in [2.05, 4.69) is 24.5 Å². The molecule has 0 amide bonds. The summed E-state index contributed by atoms with van der Waals surface area (Å²) in [5.41, 5.74) is 5.50. The largest absolute Gasteiger partial charge is 0.356 e. The molecule has 2 nitrogen and oxygen atoms in total. The average Bonchev–Trinajstić information content (AvgIpc) is 2.21. The van der Waals surface area contributed by atoms with Crippen LogP contribution >= 0.6 is 24.8 Å². The smallest absolute Gasteiger partial charge is 0.133 e. The Kier molecular flexibility index (Phi) is 10.9. The van der Waals surface area contributed by atoms with Gasteiger partial charge < -0.3 is 10.6 Å². The molecule has 0 heterocycles. The summed E-state index contributed by atoms with van der Waals surface area (Å²) in [6.45, 7) is 4.72. The van der Waals surface area contributed by atoms with Gasteiger partial charge in [0.25, 0.3) is 0 Å². The zero-order valence-electron chi connectivity index (χ0n) is 9.74. The second kappa shape index (κ2) is 10.7. The van der Waals surface area contributed by atoms with Crippen molar-refractivity contribution in [1.82, 2.24) is 4.90 Å². The van der Waals surface area contributed by atoms with Gasteiger partial charge in [-0.05, 0) is 6.42 Å². The first kappa shape index (κ1) is 15.2. The Labute approximate surface area is 105 Å². The normalized spacial score (nSPS) is 10.3. The van der Waals surface area contributed by atoms with Gasteiger partial charge in [0.2, 0.25) is 0 Å². The maximum atomic E-state index is 5.50. The Morgan fingerprint density at radius 3 is 2.27 bits per heavy atom. The summed E-state index contributed by atoms with van der Waals surface area (Å²) in [6.07, 6.45) is 7.85. The summed E-state index contributed by atoms with van der Waals surface area (Å²) in [7, 11) is 0. The third-order valence-corrected chi connectivity index (χ3v) is 2.99. The minimum absolute atomic E-state index is 0.649. The van der Waals surface area contributed by atoms with Crippen molar-refractivity contribution in [3.8, 4) is 0 Å². The lowest BCUT2D eigenvalue weighted by Gasteiger charge is -2.21. The van der Waals surface area contributed by atoms with E-state index in [-0.39, 0.29) is 0 Å². The Hall–Kier alpha value is 0.200. The van der Waals surface area contributed by atoms with E-state index in [1.165, 1.54) is 38.5 Å². The van der Waals surface area contributed by atoms with Crippen molar-refractivity contribution in [1.29, 1.82) is 0 Å². The van der Waals surface area contributed by atoms with E-state index in [9.17, 15) is 0 Å². The fourth-order valence-electron chi connectivity index (χ4n) is 1.54. The Morgan fingerprint density at radius 1 is 1.13 bits per heavy atom. The zero-order chi connectivity index (χ0) is 11.5. The lowest BCUT2D eigenvalue weighted by atomic mass is 10.1. The molecule has 0 saturated carbocycles. The monoisotopic (exact) mass is 248 g/mol. The average molecular weight is 248 g/mol. The molecule has 0 spiro atoms. The number of hydrogen-bond donors (Lipinski definition) is 2. The van der Waals surface area contributed by atoms with Gasteiger partial charge in [0, 0.05) is 19.6 Å². The van der Waals surface area contributed by atoms with Crippen molar-refractivity contribution in [3.63, 3.8) is 0 Å². The molecule has 0 fully saturated rings. The molecular formula is C11H24N2S2. The van der Waals surface area contributed by atoms with Crippen LogP contribution < -0.4 is 5.73 Å². The molecule has 0 aromatic rings. The maximum absolute atomic E-state index is 5.50. The molecule has 0 bridgehead atoms. The van der Waals surface area contributed by atoms with E-state index in [1.54, 1.807) is 0 Å². The molecule has 0 atom stereocenters. The van der Waals surface area contributed by atoms with Crippen LogP contribution in [0.15, 0.2) is 0 Å². The highest BCUT2D eigenvalue weighted by atomic mass is 32.1. The van der Waals surface area contributed by atoms with Crippen LogP contribution in [0.4, 0.5) is 0 Å². The maximum Gasteiger partial charge on any atom is 0.133 e. The highest BCUT2D eigenvalue weighted by molar-refractivity contribution is 8.10. The first-order valence-corrected chi connectivity index (χ1v) is 6.75. The fraction of sp³-hybridized carbons (Fsp3) is 0.909. The molecule has 4 heteroatoms. The van der Waals surface area contributed by atoms with Gasteiger partial charge in [0.1, 0.15) is 4.32 Å². The standard InChI is InChI=1S/C11H24N2S2/c1-2-3-4-5-6-7-9-13(10-8-12)11(14)15/h2-10,12H2,1H3,(H,14,15). The summed E-state index contributed by atoms with van der Waals surface area (Å²) < 4.78 is 0.675. The molecule has 0 radical (unpaired) electrons. The number of thiol groups is 1. The molecule has 0 aromatic heterocycles. The minimum Gasteiger partial charge on any atom is -0.356 e. The third kappa shape index (κ3) is 9.15. The lowest BCUT2D eigenvalue weighted by molar-refractivity contribution is 0.420. The van der Waals surface area contributed by atoms with E-state index in [0.29, 0.717) is 10.9 Å². The van der Waals surface area contributed by atoms with Crippen LogP contribution in [0.5, 0.6) is 0 Å². The summed E-state index contributed by atoms with van der Waals surface area (Å²) in [6, 6.07) is 0. The molecule has 2 N–H and O–H groups in total. The van der Waals surface area contributed by atoms with E-state index < -0.39 is 0 Å². The molecular weight excluding hydrogens is 224 g/mol. The van der Waals surface area contributed by atoms with Crippen molar-refractivity contribution < 1.29 is 0 Å². The van der Waals surface area contributed by atoms with E-state index in [0.717, 1.165) is 13.1 Å². The van der Waals surface area contributed by atoms with Gasteiger partial charge in [-0.3, -0.25) is 0 Å². The summed E-state index contributed by atoms with van der Waals surface area (Å²) >= 11 is 9.22. The van der Waals surface area contributed by atoms with Crippen LogP contribution in [0.3, 0.4) is 0 Å². The fourth-order valence-corrected chi connectivity index (χ4v) is 1.92. The molecule has 0 aromatic carbocycles. The molecule has 0 aliphatic heterocycles. The second-order valence-corrected chi connectivity index (χ2v) is 4.94. The van der Waals surface area contributed by atoms with Crippen LogP contribution in [-0.2, 0) is 0 Å². The van der Waals surface area contributed by atoms with Gasteiger partial charge in [-0.25, -0.2) is 0 Å². The number of unbranched alkanes of at least 4 members (excludes halogenated alkanes) is 5. The Balaban J connectivity index is 3.41. The number of rotatable bonds is 9. The topological polar surface area (TPSA) is 29.3 Å². The Bertz CT molecular complexity index is 163. The van der Waals surface area contributed by atoms with E-state index in [1.807, 2.05) is 0 Å². The lowest BCUT2D eigenvalue weighted by Crippen LogP contribution is -2.32. The van der Waals surface area contributed by atoms with Crippen LogP contribution in [-0.4, -0.2) is 28.9 Å². The van der Waals surface area contributed by atoms with Gasteiger partial charge in [0.15, 0.2) is 0 Å². The third-order valence-electron chi connectivity index (χ3n) is 2.45. The van der Waals surface area contributed by atoms with Crippen molar-refractivity contribution in [2.45, 2.75) is 45.4 Å². The van der Waals surface area contributed by atoms with Gasteiger partial charge in [0.05, 0.1) is 0 Å². The van der Waals surface area contributed by atoms with Crippen LogP contribution in [0.25, 0.3) is 0 Å². The summed E-state index contributed by atoms with van der Waals surface area (Å²) in [5.74, 6) is 0. The van der Waals surface area contributed by atoms with E-state index in [4.69, 9.17) is 18.0 Å². The van der Waals surface area contributed by atoms with Gasteiger partial charge in [-0.2, -0.15) is 0 Å². The summed E-state index contributed by atoms with van der Waals surface area (Å²) in [4.78, 5) is 2.08. The molecule has 0 aliphatic carbocycles. The number of nitrogens with two attached hydrogens (primary N) is 1. The molecule has 0 saturated heterocycles. The zero-order valence-corrected chi connectivity index (χ0v) is 11.5. The quantitative estimate of drug-likeness (QED) is 0.373. The minimum atomic E-state index is 0.649. The van der Waals surface area contributed by atoms with Crippen LogP contribution in [0.2, 0.25) is 0 Å². The van der Waals surface area contributed by atoms with Gasteiger partial charge in [-0.1, -0.05) is 51.2 Å². The molecule has 0 unspecified atom stereocenters. The SMILES string of the molecule is CCCCCCCCN(CCN)C(=S)S. The molecule has 90 valence electrons. The molecule has 0 aliphatic rings. The van der Waals surface area contributed by atoms with Crippen molar-refractivity contribution in [3.05, 3.63) is 0 Å². The van der Waals surface area contributed by atoms with Gasteiger partial charge >= 0.3 is 0 Å². The van der Waals surface area contributed by atoms with Crippen molar-refractivity contribution in [2.24, 2.45) is 5.73 Å². The second-order valence-electron chi connectivity index (χ2n) is 3.83. The van der Waals surface area contributed by atoms with Crippen LogP contribution in [0.1, 0.15) is 45.4 Å². The Morgan fingerprint density at radius 2 is 1.73 bits per heavy atom. The number of hydrogen-bond acceptors (Lipinski definition) is 2. The first-order chi connectivity index (χ1) is 7.22. The highest BCUT2D eigenvalue weighted by Gasteiger charge is 2.03. The molecule has 15 heavy (non-hydrogen) atoms. The predicted molar refractivity (Wildman–Crippen MR) is 75.6 cm³/mol. The predicted octanol–water partition coefficient (Wildman–Crippen LogP) is 2.82. The van der Waals surface area contributed by atoms with Gasteiger partial charge in [-0.15, -0.1) is 12.6 Å². The molecule has 0 rings (SSSR count). The highest BCUT2D eigenvalue weighted by Crippen LogP contribution is 2.06. The van der Waals surface area contributed by atoms with Crippen LogP contribution in [0, 0.1) is 0 Å². The van der Waals surface area contributed by atoms with E-state index >= 15 is 0 Å². The first-order valence-electron chi connectivity index (χ1n) is 5.90. The number of nitrogens with zero attached hydrogens (tertiary/aromatic N) is 1. The van der Waals surface area contributed by atoms with Crippen molar-refractivity contribution >= 4 is 29.2 Å². The number of thiocarbonyl (C=S) groups is 1. The van der Waals surface area contributed by atoms with Crippen molar-refractivity contribution in [2.75, 3.05) is 19.6 Å².